The molecule has 0 spiro atoms. The largest absolute Gasteiger partial charge is 0.352 e. The molecule has 6 nitrogen and oxygen atoms in total. The zero-order valence-electron chi connectivity index (χ0n) is 15.4. The van der Waals surface area contributed by atoms with E-state index in [9.17, 15) is 13.2 Å². The molecule has 0 aromatic heterocycles. The van der Waals surface area contributed by atoms with Crippen LogP contribution in [0.4, 0.5) is 0 Å². The molecule has 0 atom stereocenters. The van der Waals surface area contributed by atoms with E-state index in [1.165, 1.54) is 9.87 Å². The lowest BCUT2D eigenvalue weighted by molar-refractivity contribution is -0.126. The third-order valence-electron chi connectivity index (χ3n) is 4.57. The molecule has 0 radical (unpaired) electrons. The summed E-state index contributed by atoms with van der Waals surface area (Å²) >= 11 is 0. The molecule has 7 heteroatoms. The predicted molar refractivity (Wildman–Crippen MR) is 99.4 cm³/mol. The topological polar surface area (TPSA) is 69.7 Å². The van der Waals surface area contributed by atoms with Gasteiger partial charge < -0.3 is 10.2 Å². The number of benzene rings is 1. The molecule has 2 rings (SSSR count). The number of amides is 1. The Kier molecular flexibility index (Phi) is 6.98. The van der Waals surface area contributed by atoms with Crippen LogP contribution < -0.4 is 5.32 Å². The van der Waals surface area contributed by atoms with Gasteiger partial charge in [0.15, 0.2) is 0 Å². The zero-order valence-corrected chi connectivity index (χ0v) is 16.2. The van der Waals surface area contributed by atoms with Crippen molar-refractivity contribution in [3.63, 3.8) is 0 Å². The Morgan fingerprint density at radius 2 is 1.72 bits per heavy atom. The van der Waals surface area contributed by atoms with Crippen LogP contribution in [0, 0.1) is 5.92 Å². The lowest BCUT2D eigenvalue weighted by Gasteiger charge is -2.30. The molecule has 1 heterocycles. The summed E-state index contributed by atoms with van der Waals surface area (Å²) in [5, 5.41) is 2.98. The van der Waals surface area contributed by atoms with Gasteiger partial charge in [-0.25, -0.2) is 12.7 Å². The van der Waals surface area contributed by atoms with Gasteiger partial charge in [0.1, 0.15) is 0 Å². The number of carbonyl (C=O) groups excluding carboxylic acids is 1. The molecule has 1 saturated heterocycles. The van der Waals surface area contributed by atoms with E-state index in [4.69, 9.17) is 0 Å². The van der Waals surface area contributed by atoms with Crippen molar-refractivity contribution in [2.75, 3.05) is 32.9 Å². The number of hydrogen-bond acceptors (Lipinski definition) is 4. The Bertz CT molecular complexity index is 663. The summed E-state index contributed by atoms with van der Waals surface area (Å²) in [4.78, 5) is 14.4. The van der Waals surface area contributed by atoms with Gasteiger partial charge in [-0.3, -0.25) is 4.79 Å². The third-order valence-corrected chi connectivity index (χ3v) is 6.45. The minimum Gasteiger partial charge on any atom is -0.352 e. The first-order chi connectivity index (χ1) is 11.8. The van der Waals surface area contributed by atoms with Crippen molar-refractivity contribution >= 4 is 15.9 Å². The molecule has 1 aliphatic heterocycles. The quantitative estimate of drug-likeness (QED) is 0.791. The van der Waals surface area contributed by atoms with Crippen molar-refractivity contribution in [2.24, 2.45) is 5.92 Å². The van der Waals surface area contributed by atoms with Crippen molar-refractivity contribution in [3.8, 4) is 0 Å². The first-order valence-corrected chi connectivity index (χ1v) is 10.4. The molecule has 0 saturated carbocycles. The second-order valence-corrected chi connectivity index (χ2v) is 9.10. The van der Waals surface area contributed by atoms with Crippen molar-refractivity contribution in [3.05, 3.63) is 35.4 Å². The van der Waals surface area contributed by atoms with Gasteiger partial charge in [-0.05, 0) is 45.0 Å². The zero-order chi connectivity index (χ0) is 18.4. The van der Waals surface area contributed by atoms with Crippen LogP contribution >= 0.6 is 0 Å². The molecular weight excluding hydrogens is 338 g/mol. The molecule has 0 bridgehead atoms. The molecule has 25 heavy (non-hydrogen) atoms. The fourth-order valence-electron chi connectivity index (χ4n) is 3.04. The van der Waals surface area contributed by atoms with Gasteiger partial charge in [-0.15, -0.1) is 0 Å². The van der Waals surface area contributed by atoms with Crippen molar-refractivity contribution in [1.29, 1.82) is 0 Å². The van der Waals surface area contributed by atoms with E-state index in [2.05, 4.69) is 22.3 Å². The number of hydrogen-bond donors (Lipinski definition) is 1. The van der Waals surface area contributed by atoms with Crippen LogP contribution in [0.1, 0.15) is 30.9 Å². The number of carbonyl (C=O) groups is 1. The molecular formula is C18H29N3O3S. The molecule has 1 aromatic rings. The summed E-state index contributed by atoms with van der Waals surface area (Å²) < 4.78 is 25.2. The van der Waals surface area contributed by atoms with Gasteiger partial charge in [-0.2, -0.15) is 0 Å². The fraction of sp³-hybridized carbons (Fsp3) is 0.611. The van der Waals surface area contributed by atoms with Crippen LogP contribution in [-0.4, -0.2) is 56.5 Å². The summed E-state index contributed by atoms with van der Waals surface area (Å²) in [6, 6.07) is 8.23. The highest BCUT2D eigenvalue weighted by Gasteiger charge is 2.29. The van der Waals surface area contributed by atoms with Gasteiger partial charge in [-0.1, -0.05) is 24.3 Å². The van der Waals surface area contributed by atoms with Crippen LogP contribution in [0.2, 0.25) is 0 Å². The molecule has 0 aliphatic carbocycles. The monoisotopic (exact) mass is 367 g/mol. The van der Waals surface area contributed by atoms with E-state index >= 15 is 0 Å². The SMILES string of the molecule is CCS(=O)(=O)N1CCC(C(=O)NCc2ccc(CN(C)C)cc2)CC1. The molecule has 1 aromatic carbocycles. The van der Waals surface area contributed by atoms with E-state index in [0.717, 1.165) is 12.1 Å². The van der Waals surface area contributed by atoms with Gasteiger partial charge in [0.2, 0.25) is 15.9 Å². The summed E-state index contributed by atoms with van der Waals surface area (Å²) in [6.45, 7) is 3.93. The van der Waals surface area contributed by atoms with Gasteiger partial charge >= 0.3 is 0 Å². The van der Waals surface area contributed by atoms with Crippen molar-refractivity contribution in [2.45, 2.75) is 32.9 Å². The summed E-state index contributed by atoms with van der Waals surface area (Å²) in [6.07, 6.45) is 1.18. The smallest absolute Gasteiger partial charge is 0.223 e. The first-order valence-electron chi connectivity index (χ1n) is 8.80. The second kappa shape index (κ2) is 8.78. The molecule has 1 aliphatic rings. The van der Waals surface area contributed by atoms with E-state index in [1.807, 2.05) is 26.2 Å². The van der Waals surface area contributed by atoms with Crippen LogP contribution in [0.5, 0.6) is 0 Å². The lowest BCUT2D eigenvalue weighted by Crippen LogP contribution is -2.43. The van der Waals surface area contributed by atoms with E-state index in [1.54, 1.807) is 6.92 Å². The van der Waals surface area contributed by atoms with E-state index < -0.39 is 10.0 Å². The molecule has 1 N–H and O–H groups in total. The Morgan fingerprint density at radius 1 is 1.16 bits per heavy atom. The van der Waals surface area contributed by atoms with E-state index in [-0.39, 0.29) is 17.6 Å². The Labute approximate surface area is 151 Å². The number of rotatable bonds is 7. The minimum atomic E-state index is -3.14. The maximum Gasteiger partial charge on any atom is 0.223 e. The Morgan fingerprint density at radius 3 is 2.24 bits per heavy atom. The predicted octanol–water partition coefficient (Wildman–Crippen LogP) is 1.43. The highest BCUT2D eigenvalue weighted by Crippen LogP contribution is 2.20. The average Bonchev–Trinajstić information content (AvgIpc) is 2.60. The second-order valence-electron chi connectivity index (χ2n) is 6.85. The maximum absolute atomic E-state index is 12.3. The lowest BCUT2D eigenvalue weighted by atomic mass is 9.97. The Hall–Kier alpha value is -1.44. The van der Waals surface area contributed by atoms with Gasteiger partial charge in [0.25, 0.3) is 0 Å². The molecule has 0 unspecified atom stereocenters. The number of nitrogens with one attached hydrogen (secondary N) is 1. The van der Waals surface area contributed by atoms with Crippen LogP contribution in [0.25, 0.3) is 0 Å². The van der Waals surface area contributed by atoms with Crippen molar-refractivity contribution < 1.29 is 13.2 Å². The minimum absolute atomic E-state index is 0.0194. The van der Waals surface area contributed by atoms with Crippen LogP contribution in [0.15, 0.2) is 24.3 Å². The van der Waals surface area contributed by atoms with E-state index in [0.29, 0.717) is 32.5 Å². The summed E-state index contributed by atoms with van der Waals surface area (Å²) in [5.41, 5.74) is 2.31. The number of piperidine rings is 1. The highest BCUT2D eigenvalue weighted by atomic mass is 32.2. The average molecular weight is 368 g/mol. The maximum atomic E-state index is 12.3. The Balaban J connectivity index is 1.79. The number of sulfonamides is 1. The van der Waals surface area contributed by atoms with Gasteiger partial charge in [0.05, 0.1) is 5.75 Å². The standard InChI is InChI=1S/C18H29N3O3S/c1-4-25(23,24)21-11-9-17(10-12-21)18(22)19-13-15-5-7-16(8-6-15)14-20(2)3/h5-8,17H,4,9-14H2,1-3H3,(H,19,22). The number of nitrogens with zero attached hydrogens (tertiary/aromatic N) is 2. The molecule has 1 fully saturated rings. The molecule has 140 valence electrons. The fourth-order valence-corrected chi connectivity index (χ4v) is 4.17. The van der Waals surface area contributed by atoms with Crippen LogP contribution in [-0.2, 0) is 27.9 Å². The van der Waals surface area contributed by atoms with Crippen molar-refractivity contribution in [1.82, 2.24) is 14.5 Å². The molecule has 1 amide bonds. The van der Waals surface area contributed by atoms with Gasteiger partial charge in [0, 0.05) is 32.1 Å². The summed E-state index contributed by atoms with van der Waals surface area (Å²) in [5.74, 6) is 0.0375. The third kappa shape index (κ3) is 5.80. The highest BCUT2D eigenvalue weighted by molar-refractivity contribution is 7.89. The normalized spacial score (nSPS) is 17.0. The summed E-state index contributed by atoms with van der Waals surface area (Å²) in [7, 11) is 0.926. The van der Waals surface area contributed by atoms with Crippen LogP contribution in [0.3, 0.4) is 0 Å². The first kappa shape index (κ1) is 19.9.